The van der Waals surface area contributed by atoms with E-state index in [1.54, 1.807) is 6.92 Å². The first-order valence-electron chi connectivity index (χ1n) is 3.64. The second-order valence-corrected chi connectivity index (χ2v) is 5.17. The van der Waals surface area contributed by atoms with Crippen LogP contribution >= 0.6 is 12.4 Å². The lowest BCUT2D eigenvalue weighted by atomic mass is 10.2. The molecule has 0 amide bonds. The standard InChI is InChI=1S/C6H13NO3S.ClH/c1-5(8)7-6-2-3-11(9,10)4-6;/h5-8H,2-4H2,1H3;1H. The molecule has 74 valence electrons. The van der Waals surface area contributed by atoms with Crippen LogP contribution in [0.3, 0.4) is 0 Å². The molecule has 0 saturated carbocycles. The summed E-state index contributed by atoms with van der Waals surface area (Å²) in [6, 6.07) is -0.0556. The van der Waals surface area contributed by atoms with Crippen molar-refractivity contribution >= 4 is 22.2 Å². The van der Waals surface area contributed by atoms with Crippen molar-refractivity contribution in [2.75, 3.05) is 11.5 Å². The van der Waals surface area contributed by atoms with E-state index in [-0.39, 0.29) is 30.0 Å². The van der Waals surface area contributed by atoms with Gasteiger partial charge in [-0.05, 0) is 13.3 Å². The van der Waals surface area contributed by atoms with Crippen LogP contribution < -0.4 is 5.32 Å². The molecule has 1 rings (SSSR count). The fraction of sp³-hybridized carbons (Fsp3) is 1.00. The normalized spacial score (nSPS) is 29.3. The predicted octanol–water partition coefficient (Wildman–Crippen LogP) is -0.477. The maximum Gasteiger partial charge on any atom is 0.151 e. The summed E-state index contributed by atoms with van der Waals surface area (Å²) in [6.45, 7) is 1.59. The minimum Gasteiger partial charge on any atom is -0.379 e. The van der Waals surface area contributed by atoms with Gasteiger partial charge in [-0.15, -0.1) is 12.4 Å². The molecule has 6 heteroatoms. The van der Waals surface area contributed by atoms with Crippen LogP contribution in [0.4, 0.5) is 0 Å². The van der Waals surface area contributed by atoms with Crippen molar-refractivity contribution in [1.82, 2.24) is 5.32 Å². The van der Waals surface area contributed by atoms with Crippen molar-refractivity contribution in [1.29, 1.82) is 0 Å². The van der Waals surface area contributed by atoms with E-state index in [4.69, 9.17) is 5.11 Å². The Hall–Kier alpha value is 0.160. The molecule has 0 aromatic heterocycles. The quantitative estimate of drug-likeness (QED) is 0.611. The van der Waals surface area contributed by atoms with Gasteiger partial charge < -0.3 is 5.11 Å². The van der Waals surface area contributed by atoms with Gasteiger partial charge in [0.25, 0.3) is 0 Å². The first-order chi connectivity index (χ1) is 4.99. The van der Waals surface area contributed by atoms with Gasteiger partial charge >= 0.3 is 0 Å². The maximum absolute atomic E-state index is 10.9. The fourth-order valence-corrected chi connectivity index (χ4v) is 2.95. The first kappa shape index (κ1) is 12.2. The predicted molar refractivity (Wildman–Crippen MR) is 49.1 cm³/mol. The van der Waals surface area contributed by atoms with Crippen LogP contribution in [0.25, 0.3) is 0 Å². The summed E-state index contributed by atoms with van der Waals surface area (Å²) in [6.07, 6.45) is 0.000972. The zero-order chi connectivity index (χ0) is 8.48. The molecule has 0 aromatic carbocycles. The molecule has 0 aromatic rings. The van der Waals surface area contributed by atoms with E-state index in [2.05, 4.69) is 5.32 Å². The van der Waals surface area contributed by atoms with Gasteiger partial charge in [-0.2, -0.15) is 0 Å². The highest BCUT2D eigenvalue weighted by molar-refractivity contribution is 7.91. The minimum atomic E-state index is -2.81. The van der Waals surface area contributed by atoms with Crippen molar-refractivity contribution in [2.45, 2.75) is 25.6 Å². The SMILES string of the molecule is CC(O)NC1CCS(=O)(=O)C1.Cl. The van der Waals surface area contributed by atoms with Gasteiger partial charge in [0.2, 0.25) is 0 Å². The molecule has 0 radical (unpaired) electrons. The van der Waals surface area contributed by atoms with Crippen LogP contribution in [-0.2, 0) is 9.84 Å². The van der Waals surface area contributed by atoms with Gasteiger partial charge in [-0.1, -0.05) is 0 Å². The maximum atomic E-state index is 10.9. The van der Waals surface area contributed by atoms with E-state index < -0.39 is 16.1 Å². The molecule has 1 aliphatic heterocycles. The van der Waals surface area contributed by atoms with E-state index in [0.717, 1.165) is 0 Å². The van der Waals surface area contributed by atoms with Crippen molar-refractivity contribution in [3.8, 4) is 0 Å². The smallest absolute Gasteiger partial charge is 0.151 e. The Morgan fingerprint density at radius 1 is 1.58 bits per heavy atom. The number of aliphatic hydroxyl groups excluding tert-OH is 1. The van der Waals surface area contributed by atoms with E-state index in [9.17, 15) is 8.42 Å². The average molecular weight is 216 g/mol. The summed E-state index contributed by atoms with van der Waals surface area (Å²) in [5.41, 5.74) is 0. The Labute approximate surface area is 78.7 Å². The van der Waals surface area contributed by atoms with Crippen molar-refractivity contribution < 1.29 is 13.5 Å². The highest BCUT2D eigenvalue weighted by Gasteiger charge is 2.27. The molecule has 2 unspecified atom stereocenters. The van der Waals surface area contributed by atoms with Gasteiger partial charge in [0.15, 0.2) is 9.84 Å². The monoisotopic (exact) mass is 215 g/mol. The lowest BCUT2D eigenvalue weighted by Gasteiger charge is -2.12. The highest BCUT2D eigenvalue weighted by atomic mass is 35.5. The molecule has 0 spiro atoms. The van der Waals surface area contributed by atoms with Crippen molar-refractivity contribution in [3.05, 3.63) is 0 Å². The third-order valence-corrected chi connectivity index (χ3v) is 3.48. The number of rotatable bonds is 2. The van der Waals surface area contributed by atoms with Crippen LogP contribution in [0.2, 0.25) is 0 Å². The zero-order valence-electron chi connectivity index (χ0n) is 6.86. The molecular formula is C6H14ClNO3S. The summed E-state index contributed by atoms with van der Waals surface area (Å²) in [5, 5.41) is 11.7. The molecule has 4 nitrogen and oxygen atoms in total. The highest BCUT2D eigenvalue weighted by Crippen LogP contribution is 2.11. The van der Waals surface area contributed by atoms with Crippen molar-refractivity contribution in [3.63, 3.8) is 0 Å². The van der Waals surface area contributed by atoms with Gasteiger partial charge in [0, 0.05) is 6.04 Å². The third-order valence-electron chi connectivity index (χ3n) is 1.71. The Morgan fingerprint density at radius 2 is 2.17 bits per heavy atom. The van der Waals surface area contributed by atoms with Gasteiger partial charge in [-0.3, -0.25) is 5.32 Å². The number of halogens is 1. The van der Waals surface area contributed by atoms with Crippen LogP contribution in [0.5, 0.6) is 0 Å². The van der Waals surface area contributed by atoms with Crippen LogP contribution in [0.15, 0.2) is 0 Å². The van der Waals surface area contributed by atoms with E-state index in [1.807, 2.05) is 0 Å². The summed E-state index contributed by atoms with van der Waals surface area (Å²) < 4.78 is 21.8. The molecule has 1 fully saturated rings. The topological polar surface area (TPSA) is 66.4 Å². The molecule has 2 N–H and O–H groups in total. The Morgan fingerprint density at radius 3 is 2.50 bits per heavy atom. The molecule has 1 heterocycles. The summed E-state index contributed by atoms with van der Waals surface area (Å²) in [4.78, 5) is 0. The summed E-state index contributed by atoms with van der Waals surface area (Å²) in [7, 11) is -2.81. The number of sulfone groups is 1. The third kappa shape index (κ3) is 3.71. The van der Waals surface area contributed by atoms with E-state index in [1.165, 1.54) is 0 Å². The largest absolute Gasteiger partial charge is 0.379 e. The van der Waals surface area contributed by atoms with Crippen LogP contribution in [0.1, 0.15) is 13.3 Å². The van der Waals surface area contributed by atoms with E-state index in [0.29, 0.717) is 6.42 Å². The van der Waals surface area contributed by atoms with Crippen LogP contribution in [-0.4, -0.2) is 37.3 Å². The number of hydrogen-bond donors (Lipinski definition) is 2. The molecular weight excluding hydrogens is 202 g/mol. The number of aliphatic hydroxyl groups is 1. The Bertz CT molecular complexity index is 227. The molecule has 2 atom stereocenters. The van der Waals surface area contributed by atoms with Crippen LogP contribution in [0, 0.1) is 0 Å². The van der Waals surface area contributed by atoms with Gasteiger partial charge in [-0.25, -0.2) is 8.42 Å². The van der Waals surface area contributed by atoms with Gasteiger partial charge in [0.1, 0.15) is 6.23 Å². The lowest BCUT2D eigenvalue weighted by molar-refractivity contribution is 0.144. The lowest BCUT2D eigenvalue weighted by Crippen LogP contribution is -2.36. The van der Waals surface area contributed by atoms with E-state index >= 15 is 0 Å². The zero-order valence-corrected chi connectivity index (χ0v) is 8.49. The van der Waals surface area contributed by atoms with Gasteiger partial charge in [0.05, 0.1) is 11.5 Å². The average Bonchev–Trinajstić information content (AvgIpc) is 2.08. The molecule has 12 heavy (non-hydrogen) atoms. The minimum absolute atomic E-state index is 0. The van der Waals surface area contributed by atoms with Crippen molar-refractivity contribution in [2.24, 2.45) is 0 Å². The summed E-state index contributed by atoms with van der Waals surface area (Å²) in [5.74, 6) is 0.412. The molecule has 0 aliphatic carbocycles. The molecule has 0 bridgehead atoms. The number of nitrogens with one attached hydrogen (secondary N) is 1. The first-order valence-corrected chi connectivity index (χ1v) is 5.46. The second kappa shape index (κ2) is 4.41. The molecule has 1 saturated heterocycles. The molecule has 1 aliphatic rings. The fourth-order valence-electron chi connectivity index (χ4n) is 1.27. The summed E-state index contributed by atoms with van der Waals surface area (Å²) >= 11 is 0. The Kier molecular flexibility index (Phi) is 4.47. The second-order valence-electron chi connectivity index (χ2n) is 2.94. The Balaban J connectivity index is 0.00000121. The number of hydrogen-bond acceptors (Lipinski definition) is 4.